The zero-order valence-corrected chi connectivity index (χ0v) is 22.2. The summed E-state index contributed by atoms with van der Waals surface area (Å²) in [5.74, 6) is 0.397. The summed E-state index contributed by atoms with van der Waals surface area (Å²) in [4.78, 5) is 31.6. The van der Waals surface area contributed by atoms with Crippen LogP contribution in [0.5, 0.6) is 0 Å². The minimum Gasteiger partial charge on any atom is -0.370 e. The van der Waals surface area contributed by atoms with Gasteiger partial charge in [-0.3, -0.25) is 4.90 Å². The summed E-state index contributed by atoms with van der Waals surface area (Å²) in [5, 5.41) is 5.10. The number of H-pyrrole nitrogens is 1. The molecule has 0 amide bonds. The van der Waals surface area contributed by atoms with Gasteiger partial charge >= 0.3 is 5.97 Å². The molecule has 0 radical (unpaired) electrons. The lowest BCUT2D eigenvalue weighted by molar-refractivity contribution is -0.160. The molecule has 3 heterocycles. The van der Waals surface area contributed by atoms with Crippen LogP contribution in [-0.2, 0) is 9.63 Å². The lowest BCUT2D eigenvalue weighted by atomic mass is 9.98. The predicted octanol–water partition coefficient (Wildman–Crippen LogP) is 5.42. The van der Waals surface area contributed by atoms with Gasteiger partial charge in [0.25, 0.3) is 0 Å². The molecule has 0 spiro atoms. The van der Waals surface area contributed by atoms with Crippen molar-refractivity contribution >= 4 is 34.4 Å². The van der Waals surface area contributed by atoms with Gasteiger partial charge in [0.2, 0.25) is 5.95 Å². The van der Waals surface area contributed by atoms with Gasteiger partial charge in [-0.2, -0.15) is 5.48 Å². The standard InChI is InChI=1S/C27H37ClN6O2/c1-27(2,3)25(35)36-31-13-9-5-4-6-10-14-34-17-19(18-34)32-26-30-16-22(28)24(33-26)21-15-29-23-12-8-7-11-20(21)23/h7-8,11-12,15-16,19,29,31H,4-6,9-10,13-14,17-18H2,1-3H3,(H,30,32,33). The molecule has 1 aliphatic heterocycles. The van der Waals surface area contributed by atoms with Crippen LogP contribution in [0.2, 0.25) is 5.02 Å². The normalized spacial score (nSPS) is 14.7. The summed E-state index contributed by atoms with van der Waals surface area (Å²) in [7, 11) is 0. The molecule has 3 aromatic rings. The van der Waals surface area contributed by atoms with Crippen molar-refractivity contribution in [2.75, 3.05) is 31.5 Å². The number of nitrogens with zero attached hydrogens (tertiary/aromatic N) is 3. The van der Waals surface area contributed by atoms with Crippen LogP contribution in [0.25, 0.3) is 22.2 Å². The molecular weight excluding hydrogens is 476 g/mol. The van der Waals surface area contributed by atoms with E-state index in [-0.39, 0.29) is 5.97 Å². The Hall–Kier alpha value is -2.68. The van der Waals surface area contributed by atoms with Gasteiger partial charge in [0.1, 0.15) is 0 Å². The number of benzene rings is 1. The Bertz CT molecular complexity index is 1150. The van der Waals surface area contributed by atoms with Crippen LogP contribution in [0.1, 0.15) is 52.9 Å². The van der Waals surface area contributed by atoms with E-state index in [0.29, 0.717) is 23.6 Å². The van der Waals surface area contributed by atoms with Crippen LogP contribution in [0.3, 0.4) is 0 Å². The van der Waals surface area contributed by atoms with Crippen LogP contribution in [-0.4, -0.2) is 58.0 Å². The summed E-state index contributed by atoms with van der Waals surface area (Å²) in [6.45, 7) is 9.36. The van der Waals surface area contributed by atoms with Gasteiger partial charge in [-0.05, 0) is 46.2 Å². The number of aromatic nitrogens is 3. The number of halogens is 1. The van der Waals surface area contributed by atoms with Crippen molar-refractivity contribution in [3.63, 3.8) is 0 Å². The number of rotatable bonds is 12. The molecule has 3 N–H and O–H groups in total. The maximum absolute atomic E-state index is 11.7. The number of carbonyl (C=O) groups is 1. The van der Waals surface area contributed by atoms with Crippen molar-refractivity contribution in [1.29, 1.82) is 0 Å². The number of hydrogen-bond acceptors (Lipinski definition) is 7. The SMILES string of the molecule is CC(C)(C)C(=O)ONCCCCCCCN1CC(Nc2ncc(Cl)c(-c3c[nH]c4ccccc34)n2)C1. The van der Waals surface area contributed by atoms with Gasteiger partial charge in [-0.1, -0.05) is 49.1 Å². The molecule has 1 aliphatic rings. The van der Waals surface area contributed by atoms with Crippen LogP contribution < -0.4 is 10.8 Å². The summed E-state index contributed by atoms with van der Waals surface area (Å²) in [6, 6.07) is 8.48. The van der Waals surface area contributed by atoms with E-state index in [2.05, 4.69) is 31.7 Å². The summed E-state index contributed by atoms with van der Waals surface area (Å²) >= 11 is 6.44. The van der Waals surface area contributed by atoms with Gasteiger partial charge in [0.05, 0.1) is 28.4 Å². The molecule has 0 aliphatic carbocycles. The second kappa shape index (κ2) is 12.0. The Labute approximate surface area is 218 Å². The molecule has 0 unspecified atom stereocenters. The van der Waals surface area contributed by atoms with E-state index in [4.69, 9.17) is 21.4 Å². The van der Waals surface area contributed by atoms with Crippen molar-refractivity contribution in [3.8, 4) is 11.3 Å². The van der Waals surface area contributed by atoms with Crippen LogP contribution in [0, 0.1) is 5.41 Å². The van der Waals surface area contributed by atoms with Crippen LogP contribution >= 0.6 is 11.6 Å². The van der Waals surface area contributed by atoms with E-state index in [1.165, 1.54) is 19.3 Å². The first-order valence-electron chi connectivity index (χ1n) is 12.8. The molecule has 36 heavy (non-hydrogen) atoms. The molecule has 9 heteroatoms. The second-order valence-corrected chi connectivity index (χ2v) is 10.9. The summed E-state index contributed by atoms with van der Waals surface area (Å²) in [6.07, 6.45) is 9.37. The molecular formula is C27H37ClN6O2. The Morgan fingerprint density at radius 3 is 2.72 bits per heavy atom. The minimum absolute atomic E-state index is 0.220. The number of anilines is 1. The Kier molecular flexibility index (Phi) is 8.82. The van der Waals surface area contributed by atoms with Gasteiger partial charge in [0, 0.05) is 42.3 Å². The Morgan fingerprint density at radius 2 is 1.92 bits per heavy atom. The zero-order chi connectivity index (χ0) is 25.5. The third kappa shape index (κ3) is 6.96. The first-order chi connectivity index (χ1) is 17.3. The predicted molar refractivity (Wildman–Crippen MR) is 145 cm³/mol. The highest BCUT2D eigenvalue weighted by Crippen LogP contribution is 2.32. The monoisotopic (exact) mass is 512 g/mol. The first kappa shape index (κ1) is 26.4. The maximum atomic E-state index is 11.7. The minimum atomic E-state index is -0.471. The molecule has 0 saturated carbocycles. The number of para-hydroxylation sites is 1. The Morgan fingerprint density at radius 1 is 1.17 bits per heavy atom. The number of unbranched alkanes of at least 4 members (excludes halogenated alkanes) is 4. The fraction of sp³-hybridized carbons (Fsp3) is 0.519. The third-order valence-electron chi connectivity index (χ3n) is 6.41. The zero-order valence-electron chi connectivity index (χ0n) is 21.4. The topological polar surface area (TPSA) is 95.2 Å². The number of nitrogens with one attached hydrogen (secondary N) is 3. The number of fused-ring (bicyclic) bond motifs is 1. The molecule has 1 fully saturated rings. The van der Waals surface area contributed by atoms with E-state index in [9.17, 15) is 4.79 Å². The molecule has 4 rings (SSSR count). The highest BCUT2D eigenvalue weighted by atomic mass is 35.5. The van der Waals surface area contributed by atoms with Gasteiger partial charge in [-0.15, -0.1) is 0 Å². The van der Waals surface area contributed by atoms with E-state index < -0.39 is 5.41 Å². The fourth-order valence-corrected chi connectivity index (χ4v) is 4.44. The molecule has 8 nitrogen and oxygen atoms in total. The first-order valence-corrected chi connectivity index (χ1v) is 13.2. The third-order valence-corrected chi connectivity index (χ3v) is 6.69. The van der Waals surface area contributed by atoms with Crippen molar-refractivity contribution in [3.05, 3.63) is 41.7 Å². The molecule has 1 saturated heterocycles. The van der Waals surface area contributed by atoms with Gasteiger partial charge in [0.15, 0.2) is 0 Å². The van der Waals surface area contributed by atoms with Crippen LogP contribution in [0.4, 0.5) is 5.95 Å². The van der Waals surface area contributed by atoms with E-state index in [0.717, 1.165) is 54.6 Å². The highest BCUT2D eigenvalue weighted by Gasteiger charge is 2.27. The van der Waals surface area contributed by atoms with Crippen molar-refractivity contribution in [1.82, 2.24) is 25.3 Å². The molecule has 0 atom stereocenters. The number of carbonyl (C=O) groups excluding carboxylic acids is 1. The lowest BCUT2D eigenvalue weighted by Crippen LogP contribution is -2.55. The summed E-state index contributed by atoms with van der Waals surface area (Å²) in [5.41, 5.74) is 5.10. The largest absolute Gasteiger partial charge is 0.370 e. The lowest BCUT2D eigenvalue weighted by Gasteiger charge is -2.39. The Balaban J connectivity index is 1.11. The average Bonchev–Trinajstić information content (AvgIpc) is 3.25. The molecule has 194 valence electrons. The number of hydrogen-bond donors (Lipinski definition) is 3. The molecule has 1 aromatic carbocycles. The molecule has 2 aromatic heterocycles. The van der Waals surface area contributed by atoms with Crippen LogP contribution in [0.15, 0.2) is 36.7 Å². The van der Waals surface area contributed by atoms with E-state index in [1.807, 2.05) is 45.2 Å². The van der Waals surface area contributed by atoms with E-state index in [1.54, 1.807) is 6.20 Å². The number of hydroxylamine groups is 1. The number of aromatic amines is 1. The van der Waals surface area contributed by atoms with Crippen molar-refractivity contribution in [2.24, 2.45) is 5.41 Å². The number of likely N-dealkylation sites (tertiary alicyclic amines) is 1. The summed E-state index contributed by atoms with van der Waals surface area (Å²) < 4.78 is 0. The molecule has 0 bridgehead atoms. The van der Waals surface area contributed by atoms with Gasteiger partial charge in [-0.25, -0.2) is 14.8 Å². The average molecular weight is 513 g/mol. The maximum Gasteiger partial charge on any atom is 0.329 e. The second-order valence-electron chi connectivity index (χ2n) is 10.5. The van der Waals surface area contributed by atoms with Crippen molar-refractivity contribution in [2.45, 2.75) is 58.9 Å². The smallest absolute Gasteiger partial charge is 0.329 e. The van der Waals surface area contributed by atoms with Crippen molar-refractivity contribution < 1.29 is 9.63 Å². The fourth-order valence-electron chi connectivity index (χ4n) is 4.25. The highest BCUT2D eigenvalue weighted by molar-refractivity contribution is 6.33. The van der Waals surface area contributed by atoms with E-state index >= 15 is 0 Å². The quantitative estimate of drug-likeness (QED) is 0.220. The van der Waals surface area contributed by atoms with Gasteiger partial charge < -0.3 is 15.1 Å².